The summed E-state index contributed by atoms with van der Waals surface area (Å²) in [5.41, 5.74) is 1.26. The SMILES string of the molecule is FC(F)(F)CC1CC(c2ccc(Cl)cc2)=NO1. The van der Waals surface area contributed by atoms with Gasteiger partial charge in [-0.2, -0.15) is 13.2 Å². The zero-order valence-electron chi connectivity index (χ0n) is 8.67. The van der Waals surface area contributed by atoms with E-state index in [1.165, 1.54) is 0 Å². The number of hydrogen-bond donors (Lipinski definition) is 0. The minimum Gasteiger partial charge on any atom is -0.391 e. The summed E-state index contributed by atoms with van der Waals surface area (Å²) >= 11 is 5.71. The van der Waals surface area contributed by atoms with E-state index >= 15 is 0 Å². The summed E-state index contributed by atoms with van der Waals surface area (Å²) in [6.07, 6.45) is -5.95. The van der Waals surface area contributed by atoms with Crippen LogP contribution in [0.15, 0.2) is 29.4 Å². The van der Waals surface area contributed by atoms with Crippen LogP contribution in [0.1, 0.15) is 18.4 Å². The zero-order chi connectivity index (χ0) is 12.5. The smallest absolute Gasteiger partial charge is 0.391 e. The van der Waals surface area contributed by atoms with Crippen LogP contribution in [0.3, 0.4) is 0 Å². The molecular formula is C11H9ClF3NO. The number of halogens is 4. The van der Waals surface area contributed by atoms with Gasteiger partial charge in [-0.15, -0.1) is 0 Å². The first-order valence-corrected chi connectivity index (χ1v) is 5.37. The van der Waals surface area contributed by atoms with Gasteiger partial charge < -0.3 is 4.84 Å². The van der Waals surface area contributed by atoms with Crippen LogP contribution in [0.4, 0.5) is 13.2 Å². The van der Waals surface area contributed by atoms with Crippen molar-refractivity contribution in [2.75, 3.05) is 0 Å². The predicted octanol–water partition coefficient (Wildman–Crippen LogP) is 3.79. The summed E-state index contributed by atoms with van der Waals surface area (Å²) in [4.78, 5) is 4.76. The van der Waals surface area contributed by atoms with Crippen molar-refractivity contribution in [3.63, 3.8) is 0 Å². The summed E-state index contributed by atoms with van der Waals surface area (Å²) < 4.78 is 36.4. The maximum absolute atomic E-state index is 12.1. The van der Waals surface area contributed by atoms with Crippen LogP contribution < -0.4 is 0 Å². The molecule has 0 bridgehead atoms. The Labute approximate surface area is 101 Å². The highest BCUT2D eigenvalue weighted by atomic mass is 35.5. The van der Waals surface area contributed by atoms with Gasteiger partial charge in [-0.25, -0.2) is 0 Å². The third-order valence-corrected chi connectivity index (χ3v) is 2.62. The standard InChI is InChI=1S/C11H9ClF3NO/c12-8-3-1-7(2-4-8)10-5-9(17-16-10)6-11(13,14)15/h1-4,9H,5-6H2. The first-order valence-electron chi connectivity index (χ1n) is 4.99. The molecule has 0 saturated heterocycles. The summed E-state index contributed by atoms with van der Waals surface area (Å²) in [6, 6.07) is 6.74. The lowest BCUT2D eigenvalue weighted by molar-refractivity contribution is -0.157. The molecule has 1 aromatic carbocycles. The Hall–Kier alpha value is -1.23. The van der Waals surface area contributed by atoms with Gasteiger partial charge in [0.1, 0.15) is 6.10 Å². The van der Waals surface area contributed by atoms with Crippen molar-refractivity contribution in [2.24, 2.45) is 5.16 Å². The molecule has 1 aliphatic heterocycles. The molecule has 0 fully saturated rings. The van der Waals surface area contributed by atoms with E-state index in [1.807, 2.05) is 0 Å². The molecule has 1 aliphatic rings. The fraction of sp³-hybridized carbons (Fsp3) is 0.364. The number of oxime groups is 1. The molecule has 1 atom stereocenters. The molecular weight excluding hydrogens is 255 g/mol. The van der Waals surface area contributed by atoms with Crippen molar-refractivity contribution in [2.45, 2.75) is 25.1 Å². The highest BCUT2D eigenvalue weighted by Gasteiger charge is 2.36. The van der Waals surface area contributed by atoms with Gasteiger partial charge in [-0.05, 0) is 17.7 Å². The van der Waals surface area contributed by atoms with E-state index in [4.69, 9.17) is 16.4 Å². The van der Waals surface area contributed by atoms with Crippen LogP contribution in [0, 0.1) is 0 Å². The molecule has 0 amide bonds. The molecule has 0 aromatic heterocycles. The summed E-state index contributed by atoms with van der Waals surface area (Å²) in [6.45, 7) is 0. The third-order valence-electron chi connectivity index (χ3n) is 2.37. The van der Waals surface area contributed by atoms with E-state index in [0.29, 0.717) is 10.7 Å². The third kappa shape index (κ3) is 3.36. The molecule has 92 valence electrons. The zero-order valence-corrected chi connectivity index (χ0v) is 9.42. The normalized spacial score (nSPS) is 20.0. The Balaban J connectivity index is 2.00. The lowest BCUT2D eigenvalue weighted by Crippen LogP contribution is -2.19. The fourth-order valence-electron chi connectivity index (χ4n) is 1.61. The van der Waals surface area contributed by atoms with E-state index in [1.54, 1.807) is 24.3 Å². The van der Waals surface area contributed by atoms with Gasteiger partial charge in [0.05, 0.1) is 12.1 Å². The minimum absolute atomic E-state index is 0.168. The Bertz CT molecular complexity index is 427. The van der Waals surface area contributed by atoms with Crippen LogP contribution in [-0.4, -0.2) is 18.0 Å². The van der Waals surface area contributed by atoms with Crippen molar-refractivity contribution in [1.82, 2.24) is 0 Å². The molecule has 6 heteroatoms. The Morgan fingerprint density at radius 2 is 1.94 bits per heavy atom. The molecule has 0 saturated carbocycles. The minimum atomic E-state index is -4.23. The van der Waals surface area contributed by atoms with E-state index in [9.17, 15) is 13.2 Å². The van der Waals surface area contributed by atoms with Gasteiger partial charge in [0.25, 0.3) is 0 Å². The van der Waals surface area contributed by atoms with Gasteiger partial charge >= 0.3 is 6.18 Å². The molecule has 1 aromatic rings. The van der Waals surface area contributed by atoms with Gasteiger partial charge in [0.2, 0.25) is 0 Å². The number of rotatable bonds is 2. The van der Waals surface area contributed by atoms with Crippen LogP contribution in [-0.2, 0) is 4.84 Å². The van der Waals surface area contributed by atoms with E-state index in [-0.39, 0.29) is 6.42 Å². The van der Waals surface area contributed by atoms with Gasteiger partial charge in [0, 0.05) is 11.4 Å². The molecule has 0 N–H and O–H groups in total. The number of hydrogen-bond acceptors (Lipinski definition) is 2. The maximum Gasteiger partial charge on any atom is 0.392 e. The number of alkyl halides is 3. The lowest BCUT2D eigenvalue weighted by atomic mass is 10.0. The van der Waals surface area contributed by atoms with E-state index in [2.05, 4.69) is 5.16 Å². The van der Waals surface area contributed by atoms with Crippen molar-refractivity contribution >= 4 is 17.3 Å². The van der Waals surface area contributed by atoms with Gasteiger partial charge in [-0.1, -0.05) is 28.9 Å². The van der Waals surface area contributed by atoms with Crippen LogP contribution >= 0.6 is 11.6 Å². The van der Waals surface area contributed by atoms with Crippen LogP contribution in [0.2, 0.25) is 5.02 Å². The Kier molecular flexibility index (Phi) is 3.28. The lowest BCUT2D eigenvalue weighted by Gasteiger charge is -2.10. The average Bonchev–Trinajstić information content (AvgIpc) is 2.64. The largest absolute Gasteiger partial charge is 0.392 e. The molecule has 0 radical (unpaired) electrons. The highest BCUT2D eigenvalue weighted by Crippen LogP contribution is 2.28. The number of benzene rings is 1. The summed E-state index contributed by atoms with van der Waals surface area (Å²) in [5, 5.41) is 4.24. The monoisotopic (exact) mass is 263 g/mol. The Morgan fingerprint density at radius 3 is 2.53 bits per heavy atom. The van der Waals surface area contributed by atoms with Crippen molar-refractivity contribution in [3.05, 3.63) is 34.9 Å². The molecule has 17 heavy (non-hydrogen) atoms. The Morgan fingerprint density at radius 1 is 1.29 bits per heavy atom. The van der Waals surface area contributed by atoms with Crippen molar-refractivity contribution in [3.8, 4) is 0 Å². The second-order valence-electron chi connectivity index (χ2n) is 3.80. The van der Waals surface area contributed by atoms with E-state index in [0.717, 1.165) is 5.56 Å². The van der Waals surface area contributed by atoms with Crippen molar-refractivity contribution in [1.29, 1.82) is 0 Å². The fourth-order valence-corrected chi connectivity index (χ4v) is 1.73. The van der Waals surface area contributed by atoms with Gasteiger partial charge in [-0.3, -0.25) is 0 Å². The maximum atomic E-state index is 12.1. The number of nitrogens with zero attached hydrogens (tertiary/aromatic N) is 1. The summed E-state index contributed by atoms with van der Waals surface area (Å²) in [5.74, 6) is 0. The topological polar surface area (TPSA) is 21.6 Å². The first kappa shape index (κ1) is 12.2. The van der Waals surface area contributed by atoms with Gasteiger partial charge in [0.15, 0.2) is 0 Å². The molecule has 0 aliphatic carbocycles. The first-order chi connectivity index (χ1) is 7.94. The van der Waals surface area contributed by atoms with Crippen molar-refractivity contribution < 1.29 is 18.0 Å². The second-order valence-corrected chi connectivity index (χ2v) is 4.23. The van der Waals surface area contributed by atoms with E-state index < -0.39 is 18.7 Å². The summed E-state index contributed by atoms with van der Waals surface area (Å²) in [7, 11) is 0. The molecule has 2 nitrogen and oxygen atoms in total. The molecule has 0 spiro atoms. The molecule has 1 heterocycles. The van der Waals surface area contributed by atoms with Crippen LogP contribution in [0.5, 0.6) is 0 Å². The molecule has 1 unspecified atom stereocenters. The molecule has 2 rings (SSSR count). The average molecular weight is 264 g/mol. The van der Waals surface area contributed by atoms with Crippen LogP contribution in [0.25, 0.3) is 0 Å². The highest BCUT2D eigenvalue weighted by molar-refractivity contribution is 6.30. The predicted molar refractivity (Wildman–Crippen MR) is 58.2 cm³/mol. The second kappa shape index (κ2) is 4.56. The quantitative estimate of drug-likeness (QED) is 0.796.